The van der Waals surface area contributed by atoms with Crippen LogP contribution in [0.2, 0.25) is 0 Å². The Morgan fingerprint density at radius 2 is 2.16 bits per heavy atom. The Balaban J connectivity index is 2.63. The van der Waals surface area contributed by atoms with E-state index in [4.69, 9.17) is 5.73 Å². The third-order valence-electron chi connectivity index (χ3n) is 2.78. The maximum atomic E-state index is 11.2. The second kappa shape index (κ2) is 8.30. The Bertz CT molecular complexity index is 474. The molecule has 0 saturated carbocycles. The largest absolute Gasteiger partial charge is 0.359 e. The second-order valence-corrected chi connectivity index (χ2v) is 4.32. The van der Waals surface area contributed by atoms with Gasteiger partial charge in [-0.05, 0) is 18.7 Å². The van der Waals surface area contributed by atoms with Gasteiger partial charge in [0, 0.05) is 32.1 Å². The first-order chi connectivity index (χ1) is 9.17. The van der Waals surface area contributed by atoms with Crippen molar-refractivity contribution in [2.45, 2.75) is 13.0 Å². The van der Waals surface area contributed by atoms with Crippen molar-refractivity contribution in [2.24, 2.45) is 5.73 Å². The highest BCUT2D eigenvalue weighted by Gasteiger charge is 2.06. The van der Waals surface area contributed by atoms with Gasteiger partial charge in [-0.3, -0.25) is 4.79 Å². The van der Waals surface area contributed by atoms with Gasteiger partial charge in [-0.1, -0.05) is 30.0 Å². The predicted molar refractivity (Wildman–Crippen MR) is 77.4 cm³/mol. The lowest BCUT2D eigenvalue weighted by Crippen LogP contribution is -2.26. The van der Waals surface area contributed by atoms with Crippen molar-refractivity contribution in [3.63, 3.8) is 0 Å². The van der Waals surface area contributed by atoms with Crippen molar-refractivity contribution in [3.05, 3.63) is 35.4 Å². The molecule has 1 aromatic carbocycles. The molecule has 0 spiro atoms. The zero-order valence-electron chi connectivity index (χ0n) is 11.6. The second-order valence-electron chi connectivity index (χ2n) is 4.32. The fourth-order valence-electron chi connectivity index (χ4n) is 1.71. The lowest BCUT2D eigenvalue weighted by atomic mass is 10.1. The molecule has 4 heteroatoms. The number of nitrogens with zero attached hydrogens (tertiary/aromatic N) is 1. The highest BCUT2D eigenvalue weighted by Crippen LogP contribution is 2.10. The molecule has 3 N–H and O–H groups in total. The quantitative estimate of drug-likeness (QED) is 0.760. The smallest absolute Gasteiger partial charge is 0.221 e. The van der Waals surface area contributed by atoms with Crippen molar-refractivity contribution < 1.29 is 4.79 Å². The van der Waals surface area contributed by atoms with Crippen molar-refractivity contribution in [1.29, 1.82) is 0 Å². The lowest BCUT2D eigenvalue weighted by molar-refractivity contribution is -0.120. The average Bonchev–Trinajstić information content (AvgIpc) is 2.43. The van der Waals surface area contributed by atoms with Crippen LogP contribution in [-0.2, 0) is 11.3 Å². The van der Waals surface area contributed by atoms with Gasteiger partial charge in [-0.2, -0.15) is 0 Å². The molecule has 0 aliphatic heterocycles. The third kappa shape index (κ3) is 5.56. The van der Waals surface area contributed by atoms with Crippen LogP contribution in [-0.4, -0.2) is 38.0 Å². The average molecular weight is 259 g/mol. The van der Waals surface area contributed by atoms with Crippen LogP contribution in [0.3, 0.4) is 0 Å². The molecule has 0 aliphatic rings. The molecule has 1 rings (SSSR count). The van der Waals surface area contributed by atoms with Gasteiger partial charge in [-0.15, -0.1) is 0 Å². The molecular formula is C15H21N3O. The Morgan fingerprint density at radius 3 is 2.84 bits per heavy atom. The molecule has 0 heterocycles. The molecule has 102 valence electrons. The van der Waals surface area contributed by atoms with E-state index >= 15 is 0 Å². The van der Waals surface area contributed by atoms with Crippen LogP contribution >= 0.6 is 0 Å². The Kier molecular flexibility index (Phi) is 6.65. The molecule has 0 aromatic heterocycles. The van der Waals surface area contributed by atoms with Gasteiger partial charge < -0.3 is 16.0 Å². The van der Waals surface area contributed by atoms with E-state index in [0.29, 0.717) is 13.0 Å². The van der Waals surface area contributed by atoms with Crippen molar-refractivity contribution >= 4 is 5.91 Å². The Hall–Kier alpha value is -1.83. The van der Waals surface area contributed by atoms with E-state index < -0.39 is 0 Å². The van der Waals surface area contributed by atoms with Crippen LogP contribution in [0.15, 0.2) is 24.3 Å². The standard InChI is InChI=1S/C15H21N3O/c1-17-15(19)9-11-18(2)12-14-7-4-3-6-13(14)8-5-10-16/h3-4,6-7H,9-12,16H2,1-2H3,(H,17,19). The summed E-state index contributed by atoms with van der Waals surface area (Å²) in [6.45, 7) is 1.85. The summed E-state index contributed by atoms with van der Waals surface area (Å²) < 4.78 is 0. The topological polar surface area (TPSA) is 58.4 Å². The maximum absolute atomic E-state index is 11.2. The summed E-state index contributed by atoms with van der Waals surface area (Å²) in [4.78, 5) is 13.3. The number of nitrogens with one attached hydrogen (secondary N) is 1. The van der Waals surface area contributed by atoms with E-state index in [-0.39, 0.29) is 5.91 Å². The van der Waals surface area contributed by atoms with Gasteiger partial charge in [0.2, 0.25) is 5.91 Å². The molecule has 0 unspecified atom stereocenters. The number of hydrogen-bond acceptors (Lipinski definition) is 3. The molecule has 19 heavy (non-hydrogen) atoms. The molecule has 4 nitrogen and oxygen atoms in total. The zero-order chi connectivity index (χ0) is 14.1. The summed E-state index contributed by atoms with van der Waals surface area (Å²) >= 11 is 0. The summed E-state index contributed by atoms with van der Waals surface area (Å²) in [7, 11) is 3.65. The summed E-state index contributed by atoms with van der Waals surface area (Å²) in [6, 6.07) is 8.01. The zero-order valence-corrected chi connectivity index (χ0v) is 11.6. The summed E-state index contributed by atoms with van der Waals surface area (Å²) in [5.74, 6) is 6.00. The van der Waals surface area contributed by atoms with Crippen LogP contribution in [0, 0.1) is 11.8 Å². The van der Waals surface area contributed by atoms with Crippen LogP contribution in [0.4, 0.5) is 0 Å². The van der Waals surface area contributed by atoms with E-state index in [1.807, 2.05) is 25.2 Å². The van der Waals surface area contributed by atoms with E-state index in [9.17, 15) is 4.79 Å². The Labute approximate surface area is 115 Å². The molecule has 0 radical (unpaired) electrons. The van der Waals surface area contributed by atoms with Crippen LogP contribution < -0.4 is 11.1 Å². The van der Waals surface area contributed by atoms with E-state index in [0.717, 1.165) is 24.2 Å². The summed E-state index contributed by atoms with van der Waals surface area (Å²) in [6.07, 6.45) is 0.504. The molecule has 0 saturated heterocycles. The number of carbonyl (C=O) groups excluding carboxylic acids is 1. The molecule has 0 atom stereocenters. The minimum atomic E-state index is 0.0584. The summed E-state index contributed by atoms with van der Waals surface area (Å²) in [5.41, 5.74) is 7.55. The lowest BCUT2D eigenvalue weighted by Gasteiger charge is -2.17. The fraction of sp³-hybridized carbons (Fsp3) is 0.400. The monoisotopic (exact) mass is 259 g/mol. The molecule has 1 amide bonds. The first-order valence-corrected chi connectivity index (χ1v) is 6.33. The number of amides is 1. The molecule has 0 bridgehead atoms. The van der Waals surface area contributed by atoms with Gasteiger partial charge in [0.05, 0.1) is 6.54 Å². The number of hydrogen-bond donors (Lipinski definition) is 2. The van der Waals surface area contributed by atoms with Gasteiger partial charge in [0.25, 0.3) is 0 Å². The third-order valence-corrected chi connectivity index (χ3v) is 2.78. The van der Waals surface area contributed by atoms with E-state index in [2.05, 4.69) is 28.1 Å². The maximum Gasteiger partial charge on any atom is 0.221 e. The predicted octanol–water partition coefficient (Wildman–Crippen LogP) is 0.565. The van der Waals surface area contributed by atoms with Crippen LogP contribution in [0.25, 0.3) is 0 Å². The molecule has 1 aromatic rings. The number of benzene rings is 1. The molecule has 0 fully saturated rings. The van der Waals surface area contributed by atoms with Crippen molar-refractivity contribution in [2.75, 3.05) is 27.2 Å². The molecule has 0 aliphatic carbocycles. The first-order valence-electron chi connectivity index (χ1n) is 6.33. The number of carbonyl (C=O) groups is 1. The number of nitrogens with two attached hydrogens (primary N) is 1. The minimum Gasteiger partial charge on any atom is -0.359 e. The van der Waals surface area contributed by atoms with Crippen molar-refractivity contribution in [1.82, 2.24) is 10.2 Å². The van der Waals surface area contributed by atoms with Crippen LogP contribution in [0.5, 0.6) is 0 Å². The summed E-state index contributed by atoms with van der Waals surface area (Å²) in [5, 5.41) is 2.62. The van der Waals surface area contributed by atoms with E-state index in [1.54, 1.807) is 7.05 Å². The SMILES string of the molecule is CNC(=O)CCN(C)Cc1ccccc1C#CCN. The minimum absolute atomic E-state index is 0.0584. The first kappa shape index (κ1) is 15.2. The van der Waals surface area contributed by atoms with Gasteiger partial charge in [-0.25, -0.2) is 0 Å². The molecular weight excluding hydrogens is 238 g/mol. The van der Waals surface area contributed by atoms with Gasteiger partial charge in [0.1, 0.15) is 0 Å². The number of rotatable bonds is 5. The van der Waals surface area contributed by atoms with Crippen molar-refractivity contribution in [3.8, 4) is 11.8 Å². The highest BCUT2D eigenvalue weighted by atomic mass is 16.1. The normalized spacial score (nSPS) is 9.89. The van der Waals surface area contributed by atoms with Gasteiger partial charge in [0.15, 0.2) is 0 Å². The van der Waals surface area contributed by atoms with E-state index in [1.165, 1.54) is 0 Å². The highest BCUT2D eigenvalue weighted by molar-refractivity contribution is 5.75. The fourth-order valence-corrected chi connectivity index (χ4v) is 1.71. The van der Waals surface area contributed by atoms with Gasteiger partial charge >= 0.3 is 0 Å². The Morgan fingerprint density at radius 1 is 1.42 bits per heavy atom. The van der Waals surface area contributed by atoms with Crippen LogP contribution in [0.1, 0.15) is 17.5 Å².